The molecule has 0 aliphatic carbocycles. The third kappa shape index (κ3) is 3.21. The Balaban J connectivity index is 2.55. The van der Waals surface area contributed by atoms with Gasteiger partial charge < -0.3 is 0 Å². The highest BCUT2D eigenvalue weighted by molar-refractivity contribution is 5.95. The summed E-state index contributed by atoms with van der Waals surface area (Å²) in [5, 5.41) is 34.9. The van der Waals surface area contributed by atoms with Gasteiger partial charge in [0.05, 0.1) is 14.8 Å². The molecule has 0 heterocycles. The van der Waals surface area contributed by atoms with Crippen molar-refractivity contribution in [2.75, 3.05) is 0 Å². The number of nitro groups is 3. The van der Waals surface area contributed by atoms with E-state index < -0.39 is 31.8 Å². The molecule has 27 heavy (non-hydrogen) atoms. The molecule has 0 aliphatic rings. The van der Waals surface area contributed by atoms with Gasteiger partial charge in [0, 0.05) is 0 Å². The average Bonchev–Trinajstić information content (AvgIpc) is 2.67. The molecule has 0 aromatic heterocycles. The van der Waals surface area contributed by atoms with Crippen molar-refractivity contribution in [3.05, 3.63) is 97.1 Å². The predicted molar refractivity (Wildman–Crippen MR) is 96.1 cm³/mol. The Morgan fingerprint density at radius 1 is 0.593 bits per heavy atom. The van der Waals surface area contributed by atoms with Gasteiger partial charge in [-0.05, 0) is 11.1 Å². The molecule has 9 heteroatoms. The second kappa shape index (κ2) is 7.00. The molecule has 0 bridgehead atoms. The SMILES string of the molecule is O=[N+]([O-])c1[c]c([N+](=O)[O-])c(-c2ccccc2)c([N+](=O)[O-])c1-c1ccccc1. The van der Waals surface area contributed by atoms with Crippen LogP contribution in [0.4, 0.5) is 17.1 Å². The molecule has 1 radical (unpaired) electrons. The molecule has 133 valence electrons. The molecule has 3 rings (SSSR count). The monoisotopic (exact) mass is 364 g/mol. The Bertz CT molecular complexity index is 976. The lowest BCUT2D eigenvalue weighted by molar-refractivity contribution is -0.401. The van der Waals surface area contributed by atoms with Crippen LogP contribution in [0.5, 0.6) is 0 Å². The van der Waals surface area contributed by atoms with Gasteiger partial charge in [0.1, 0.15) is 11.1 Å². The van der Waals surface area contributed by atoms with Crippen molar-refractivity contribution >= 4 is 17.1 Å². The van der Waals surface area contributed by atoms with Crippen LogP contribution in [0.25, 0.3) is 22.3 Å². The summed E-state index contributed by atoms with van der Waals surface area (Å²) in [6, 6.07) is 17.6. The van der Waals surface area contributed by atoms with Crippen LogP contribution in [-0.2, 0) is 0 Å². The normalized spacial score (nSPS) is 10.4. The van der Waals surface area contributed by atoms with E-state index in [1.165, 1.54) is 24.3 Å². The number of benzene rings is 3. The summed E-state index contributed by atoms with van der Waals surface area (Å²) < 4.78 is 0. The van der Waals surface area contributed by atoms with Crippen molar-refractivity contribution in [3.63, 3.8) is 0 Å². The van der Waals surface area contributed by atoms with Crippen LogP contribution >= 0.6 is 0 Å². The third-order valence-corrected chi connectivity index (χ3v) is 3.86. The van der Waals surface area contributed by atoms with Crippen LogP contribution < -0.4 is 0 Å². The zero-order valence-electron chi connectivity index (χ0n) is 13.6. The van der Waals surface area contributed by atoms with Crippen molar-refractivity contribution in [3.8, 4) is 22.3 Å². The smallest absolute Gasteiger partial charge is 0.258 e. The fraction of sp³-hybridized carbons (Fsp3) is 0. The van der Waals surface area contributed by atoms with E-state index in [1.54, 1.807) is 36.4 Å². The van der Waals surface area contributed by atoms with E-state index in [1.807, 2.05) is 0 Å². The first-order valence-electron chi connectivity index (χ1n) is 7.59. The first kappa shape index (κ1) is 17.7. The van der Waals surface area contributed by atoms with Gasteiger partial charge in [-0.15, -0.1) is 0 Å². The maximum Gasteiger partial charge on any atom is 0.299 e. The van der Waals surface area contributed by atoms with Gasteiger partial charge in [0.25, 0.3) is 17.1 Å². The van der Waals surface area contributed by atoms with Crippen molar-refractivity contribution < 1.29 is 14.8 Å². The Morgan fingerprint density at radius 3 is 1.26 bits per heavy atom. The second-order valence-corrected chi connectivity index (χ2v) is 5.42. The molecule has 0 saturated carbocycles. The van der Waals surface area contributed by atoms with Gasteiger partial charge >= 0.3 is 0 Å². The van der Waals surface area contributed by atoms with Gasteiger partial charge in [-0.2, -0.15) is 0 Å². The van der Waals surface area contributed by atoms with Gasteiger partial charge in [-0.25, -0.2) is 0 Å². The van der Waals surface area contributed by atoms with E-state index in [9.17, 15) is 30.3 Å². The molecule has 0 saturated heterocycles. The lowest BCUT2D eigenvalue weighted by atomic mass is 9.93. The Morgan fingerprint density at radius 2 is 0.963 bits per heavy atom. The molecule has 0 unspecified atom stereocenters. The van der Waals surface area contributed by atoms with Crippen molar-refractivity contribution in [1.82, 2.24) is 0 Å². The molecule has 9 nitrogen and oxygen atoms in total. The second-order valence-electron chi connectivity index (χ2n) is 5.42. The van der Waals surface area contributed by atoms with Crippen LogP contribution in [0, 0.1) is 36.4 Å². The molecule has 0 atom stereocenters. The zero-order chi connectivity index (χ0) is 19.6. The molecule has 0 spiro atoms. The number of hydrogen-bond acceptors (Lipinski definition) is 6. The summed E-state index contributed by atoms with van der Waals surface area (Å²) in [5.41, 5.74) is -2.60. The number of nitrogens with zero attached hydrogens (tertiary/aromatic N) is 3. The van der Waals surface area contributed by atoms with Crippen LogP contribution in [0.3, 0.4) is 0 Å². The summed E-state index contributed by atoms with van der Waals surface area (Å²) in [6.07, 6.45) is 0. The molecule has 0 amide bonds. The van der Waals surface area contributed by atoms with Crippen molar-refractivity contribution in [1.29, 1.82) is 0 Å². The summed E-state index contributed by atoms with van der Waals surface area (Å²) in [5.74, 6) is 0. The Hall–Kier alpha value is -4.14. The van der Waals surface area contributed by atoms with Crippen LogP contribution in [0.1, 0.15) is 0 Å². The van der Waals surface area contributed by atoms with Crippen LogP contribution in [0.2, 0.25) is 0 Å². The van der Waals surface area contributed by atoms with E-state index in [0.717, 1.165) is 0 Å². The summed E-state index contributed by atoms with van der Waals surface area (Å²) >= 11 is 0. The van der Waals surface area contributed by atoms with Crippen molar-refractivity contribution in [2.45, 2.75) is 0 Å². The van der Waals surface area contributed by atoms with E-state index in [4.69, 9.17) is 0 Å². The maximum atomic E-state index is 11.9. The first-order chi connectivity index (χ1) is 12.9. The van der Waals surface area contributed by atoms with Gasteiger partial charge in [-0.1, -0.05) is 60.7 Å². The molecule has 0 aliphatic heterocycles. The van der Waals surface area contributed by atoms with Gasteiger partial charge in [0.2, 0.25) is 0 Å². The molecule has 0 N–H and O–H groups in total. The fourth-order valence-electron chi connectivity index (χ4n) is 2.80. The quantitative estimate of drug-likeness (QED) is 0.482. The lowest BCUT2D eigenvalue weighted by Gasteiger charge is -2.10. The first-order valence-corrected chi connectivity index (χ1v) is 7.59. The number of nitro benzene ring substituents is 3. The minimum atomic E-state index is -0.906. The minimum absolute atomic E-state index is 0.194. The minimum Gasteiger partial charge on any atom is -0.258 e. The number of rotatable bonds is 5. The molecular formula is C18H10N3O6. The molecule has 0 fully saturated rings. The molecular weight excluding hydrogens is 354 g/mol. The topological polar surface area (TPSA) is 129 Å². The van der Waals surface area contributed by atoms with Gasteiger partial charge in [0.15, 0.2) is 6.07 Å². The summed E-state index contributed by atoms with van der Waals surface area (Å²) in [4.78, 5) is 32.3. The highest BCUT2D eigenvalue weighted by atomic mass is 16.6. The highest BCUT2D eigenvalue weighted by Crippen LogP contribution is 2.48. The Kier molecular flexibility index (Phi) is 4.58. The molecule has 3 aromatic carbocycles. The molecule has 3 aromatic rings. The number of hydrogen-bond donors (Lipinski definition) is 0. The van der Waals surface area contributed by atoms with Crippen molar-refractivity contribution in [2.24, 2.45) is 0 Å². The fourth-order valence-corrected chi connectivity index (χ4v) is 2.80. The zero-order valence-corrected chi connectivity index (χ0v) is 13.6. The largest absolute Gasteiger partial charge is 0.299 e. The lowest BCUT2D eigenvalue weighted by Crippen LogP contribution is -2.04. The highest BCUT2D eigenvalue weighted by Gasteiger charge is 2.38. The average molecular weight is 364 g/mol. The van der Waals surface area contributed by atoms with Gasteiger partial charge in [-0.3, -0.25) is 30.3 Å². The predicted octanol–water partition coefficient (Wildman–Crippen LogP) is 4.55. The van der Waals surface area contributed by atoms with E-state index >= 15 is 0 Å². The van der Waals surface area contributed by atoms with E-state index in [0.29, 0.717) is 0 Å². The van der Waals surface area contributed by atoms with E-state index in [-0.39, 0.29) is 22.3 Å². The standard InChI is InChI=1S/C18H10N3O6/c22-19(23)14-11-15(20(24)25)17(13-9-5-2-6-10-13)18(21(26)27)16(14)12-7-3-1-4-8-12/h1-10H. The maximum absolute atomic E-state index is 11.9. The third-order valence-electron chi connectivity index (χ3n) is 3.86. The van der Waals surface area contributed by atoms with E-state index in [2.05, 4.69) is 6.07 Å². The van der Waals surface area contributed by atoms with Crippen LogP contribution in [-0.4, -0.2) is 14.8 Å². The summed E-state index contributed by atoms with van der Waals surface area (Å²) in [6.45, 7) is 0. The Labute approximate surface area is 152 Å². The summed E-state index contributed by atoms with van der Waals surface area (Å²) in [7, 11) is 0. The van der Waals surface area contributed by atoms with Crippen LogP contribution in [0.15, 0.2) is 60.7 Å².